The first-order chi connectivity index (χ1) is 13.3. The van der Waals surface area contributed by atoms with E-state index in [1.54, 1.807) is 6.07 Å². The van der Waals surface area contributed by atoms with Crippen molar-refractivity contribution in [3.63, 3.8) is 0 Å². The molecule has 2 aromatic rings. The predicted octanol–water partition coefficient (Wildman–Crippen LogP) is 4.67. The van der Waals surface area contributed by atoms with Gasteiger partial charge in [-0.1, -0.05) is 52.0 Å². The van der Waals surface area contributed by atoms with E-state index in [1.807, 2.05) is 39.8 Å². The Morgan fingerprint density at radius 2 is 1.75 bits per heavy atom. The summed E-state index contributed by atoms with van der Waals surface area (Å²) in [6, 6.07) is 9.47. The fourth-order valence-corrected chi connectivity index (χ4v) is 4.27. The number of nitrogens with zero attached hydrogens (tertiary/aromatic N) is 1. The predicted molar refractivity (Wildman–Crippen MR) is 112 cm³/mol. The van der Waals surface area contributed by atoms with E-state index in [0.717, 1.165) is 30.5 Å². The lowest BCUT2D eigenvalue weighted by Crippen LogP contribution is -2.35. The van der Waals surface area contributed by atoms with E-state index in [4.69, 9.17) is 9.79 Å². The molecule has 0 saturated heterocycles. The molecule has 1 unspecified atom stereocenters. The highest BCUT2D eigenvalue weighted by atomic mass is 31.2. The summed E-state index contributed by atoms with van der Waals surface area (Å²) in [6.07, 6.45) is 1.70. The van der Waals surface area contributed by atoms with E-state index in [1.165, 1.54) is 17.2 Å². The highest BCUT2D eigenvalue weighted by Gasteiger charge is 2.34. The molecular formula is C21H30NO5P. The second-order valence-electron chi connectivity index (χ2n) is 6.36. The molecule has 2 aliphatic rings. The Bertz CT molecular complexity index is 877. The van der Waals surface area contributed by atoms with E-state index < -0.39 is 7.82 Å². The zero-order valence-electron chi connectivity index (χ0n) is 17.1. The van der Waals surface area contributed by atoms with E-state index in [0.29, 0.717) is 5.56 Å². The summed E-state index contributed by atoms with van der Waals surface area (Å²) >= 11 is 0. The van der Waals surface area contributed by atoms with Gasteiger partial charge >= 0.3 is 7.82 Å². The van der Waals surface area contributed by atoms with Gasteiger partial charge in [0, 0.05) is 18.2 Å². The third-order valence-electron chi connectivity index (χ3n) is 4.92. The van der Waals surface area contributed by atoms with Crippen LogP contribution >= 0.6 is 7.82 Å². The van der Waals surface area contributed by atoms with Gasteiger partial charge < -0.3 is 9.63 Å². The summed E-state index contributed by atoms with van der Waals surface area (Å²) in [5.41, 5.74) is 4.95. The molecule has 4 rings (SSSR count). The van der Waals surface area contributed by atoms with Gasteiger partial charge in [0.15, 0.2) is 11.5 Å². The van der Waals surface area contributed by atoms with Crippen LogP contribution in [0.1, 0.15) is 50.4 Å². The minimum absolute atomic E-state index is 0.192. The fourth-order valence-electron chi connectivity index (χ4n) is 3.87. The third kappa shape index (κ3) is 4.26. The van der Waals surface area contributed by atoms with Crippen LogP contribution in [0, 0.1) is 0 Å². The van der Waals surface area contributed by atoms with Gasteiger partial charge in [-0.15, -0.1) is 0 Å². The molecule has 0 radical (unpaired) electrons. The molecule has 0 amide bonds. The molecule has 6 nitrogen and oxygen atoms in total. The number of fused-ring (bicyclic) bond motifs is 2. The van der Waals surface area contributed by atoms with Gasteiger partial charge in [0.25, 0.3) is 0 Å². The molecular weight excluding hydrogens is 377 g/mol. The van der Waals surface area contributed by atoms with Crippen LogP contribution in [0.25, 0.3) is 11.1 Å². The van der Waals surface area contributed by atoms with Crippen LogP contribution in [0.2, 0.25) is 0 Å². The van der Waals surface area contributed by atoms with Crippen LogP contribution in [0.15, 0.2) is 30.3 Å². The first-order valence-electron chi connectivity index (χ1n) is 9.77. The SMILES string of the molecule is CC.CC.CN1CCc2cccc3c2C1Cc1ccc(OP(=O)(O)O)c(O)c1-3. The highest BCUT2D eigenvalue weighted by molar-refractivity contribution is 7.46. The quantitative estimate of drug-likeness (QED) is 0.627. The molecule has 0 bridgehead atoms. The summed E-state index contributed by atoms with van der Waals surface area (Å²) in [7, 11) is -2.63. The van der Waals surface area contributed by atoms with Crippen molar-refractivity contribution >= 4 is 7.82 Å². The molecule has 0 spiro atoms. The van der Waals surface area contributed by atoms with E-state index in [-0.39, 0.29) is 17.5 Å². The Labute approximate surface area is 167 Å². The normalized spacial score (nSPS) is 17.2. The maximum atomic E-state index is 11.1. The standard InChI is InChI=1S/C17H18NO5P.2C2H6/c1-18-8-7-10-3-2-4-12-15(10)13(18)9-11-5-6-14(17(19)16(11)12)23-24(20,21)22;2*1-2/h2-6,13,19H,7-9H2,1H3,(H2,20,21,22);2*1-2H3. The average Bonchev–Trinajstić information content (AvgIpc) is 2.69. The molecule has 1 aliphatic carbocycles. The van der Waals surface area contributed by atoms with Crippen molar-refractivity contribution in [1.82, 2.24) is 4.90 Å². The van der Waals surface area contributed by atoms with Gasteiger partial charge in [0.05, 0.1) is 0 Å². The zero-order valence-corrected chi connectivity index (χ0v) is 18.0. The lowest BCUT2D eigenvalue weighted by atomic mass is 9.77. The number of benzene rings is 2. The molecule has 1 heterocycles. The number of hydrogen-bond donors (Lipinski definition) is 3. The van der Waals surface area contributed by atoms with Crippen molar-refractivity contribution in [2.24, 2.45) is 0 Å². The Kier molecular flexibility index (Phi) is 7.29. The Morgan fingerprint density at radius 1 is 1.07 bits per heavy atom. The van der Waals surface area contributed by atoms with Crippen LogP contribution in [0.4, 0.5) is 0 Å². The van der Waals surface area contributed by atoms with Crippen molar-refractivity contribution in [3.05, 3.63) is 47.0 Å². The third-order valence-corrected chi connectivity index (χ3v) is 5.36. The monoisotopic (exact) mass is 407 g/mol. The highest BCUT2D eigenvalue weighted by Crippen LogP contribution is 2.52. The number of rotatable bonds is 2. The second-order valence-corrected chi connectivity index (χ2v) is 7.52. The van der Waals surface area contributed by atoms with Crippen LogP contribution in [0.3, 0.4) is 0 Å². The van der Waals surface area contributed by atoms with Gasteiger partial charge in [-0.3, -0.25) is 14.7 Å². The van der Waals surface area contributed by atoms with Crippen LogP contribution in [-0.4, -0.2) is 33.4 Å². The van der Waals surface area contributed by atoms with Crippen molar-refractivity contribution in [1.29, 1.82) is 0 Å². The Balaban J connectivity index is 0.000000660. The van der Waals surface area contributed by atoms with Crippen molar-refractivity contribution in [2.45, 2.75) is 46.6 Å². The van der Waals surface area contributed by atoms with Crippen LogP contribution < -0.4 is 4.52 Å². The number of phosphoric acid groups is 1. The summed E-state index contributed by atoms with van der Waals surface area (Å²) in [5, 5.41) is 10.6. The fraction of sp³-hybridized carbons (Fsp3) is 0.429. The molecule has 154 valence electrons. The lowest BCUT2D eigenvalue weighted by Gasteiger charge is -2.39. The Morgan fingerprint density at radius 3 is 2.39 bits per heavy atom. The second kappa shape index (κ2) is 9.10. The van der Waals surface area contributed by atoms with E-state index in [2.05, 4.69) is 22.5 Å². The molecule has 1 atom stereocenters. The number of phenolic OH excluding ortho intramolecular Hbond substituents is 1. The first kappa shape index (κ1) is 22.4. The van der Waals surface area contributed by atoms with E-state index >= 15 is 0 Å². The molecule has 0 saturated carbocycles. The van der Waals surface area contributed by atoms with E-state index in [9.17, 15) is 9.67 Å². The number of aromatic hydroxyl groups is 1. The van der Waals surface area contributed by atoms with Crippen molar-refractivity contribution in [3.8, 4) is 22.6 Å². The summed E-state index contributed by atoms with van der Waals surface area (Å²) in [4.78, 5) is 20.4. The van der Waals surface area contributed by atoms with Gasteiger partial charge in [0.2, 0.25) is 0 Å². The number of phenols is 1. The summed E-state index contributed by atoms with van der Waals surface area (Å²) in [6.45, 7) is 8.99. The molecule has 0 fully saturated rings. The molecule has 3 N–H and O–H groups in total. The molecule has 1 aliphatic heterocycles. The molecule has 7 heteroatoms. The largest absolute Gasteiger partial charge is 0.524 e. The first-order valence-corrected chi connectivity index (χ1v) is 11.3. The van der Waals surface area contributed by atoms with Gasteiger partial charge in [-0.2, -0.15) is 0 Å². The lowest BCUT2D eigenvalue weighted by molar-refractivity contribution is 0.228. The summed E-state index contributed by atoms with van der Waals surface area (Å²) in [5.74, 6) is -0.404. The molecule has 2 aromatic carbocycles. The van der Waals surface area contributed by atoms with Gasteiger partial charge in [-0.05, 0) is 48.2 Å². The number of phosphoric ester groups is 1. The Hall–Kier alpha value is -1.85. The van der Waals surface area contributed by atoms with Crippen molar-refractivity contribution in [2.75, 3.05) is 13.6 Å². The average molecular weight is 407 g/mol. The van der Waals surface area contributed by atoms with Crippen LogP contribution in [-0.2, 0) is 17.4 Å². The number of hydrogen-bond acceptors (Lipinski definition) is 4. The number of likely N-dealkylation sites (N-methyl/N-ethyl adjacent to an activating group) is 1. The van der Waals surface area contributed by atoms with Gasteiger partial charge in [-0.25, -0.2) is 4.57 Å². The zero-order chi connectivity index (χ0) is 21.1. The molecule has 28 heavy (non-hydrogen) atoms. The topological polar surface area (TPSA) is 90.2 Å². The minimum atomic E-state index is -4.73. The van der Waals surface area contributed by atoms with Crippen LogP contribution in [0.5, 0.6) is 11.5 Å². The van der Waals surface area contributed by atoms with Crippen molar-refractivity contribution < 1.29 is 24.0 Å². The molecule has 0 aromatic heterocycles. The minimum Gasteiger partial charge on any atom is -0.504 e. The smallest absolute Gasteiger partial charge is 0.504 e. The maximum absolute atomic E-state index is 11.1. The maximum Gasteiger partial charge on any atom is 0.524 e. The summed E-state index contributed by atoms with van der Waals surface area (Å²) < 4.78 is 15.8. The van der Waals surface area contributed by atoms with Gasteiger partial charge in [0.1, 0.15) is 0 Å².